The minimum Gasteiger partial charge on any atom is -0.337 e. The number of carbonyl (C=O) groups is 1. The number of rotatable bonds is 2. The molecular weight excluding hydrogens is 282 g/mol. The summed E-state index contributed by atoms with van der Waals surface area (Å²) in [7, 11) is 2.00. The van der Waals surface area contributed by atoms with Gasteiger partial charge < -0.3 is 9.80 Å². The van der Waals surface area contributed by atoms with Crippen LogP contribution in [-0.4, -0.2) is 53.9 Å². The zero-order valence-corrected chi connectivity index (χ0v) is 12.0. The van der Waals surface area contributed by atoms with E-state index >= 15 is 0 Å². The Morgan fingerprint density at radius 3 is 2.75 bits per heavy atom. The molecule has 0 aliphatic carbocycles. The van der Waals surface area contributed by atoms with E-state index in [2.05, 4.69) is 4.90 Å². The quantitative estimate of drug-likeness (QED) is 0.619. The summed E-state index contributed by atoms with van der Waals surface area (Å²) in [6.07, 6.45) is 0.858. The maximum Gasteiger partial charge on any atom is 0.300 e. The molecule has 0 saturated carbocycles. The summed E-state index contributed by atoms with van der Waals surface area (Å²) in [4.78, 5) is 26.8. The number of hydrogen-bond donors (Lipinski definition) is 0. The Labute approximate surface area is 122 Å². The van der Waals surface area contributed by atoms with E-state index in [1.165, 1.54) is 12.1 Å². The molecule has 1 saturated heterocycles. The highest BCUT2D eigenvalue weighted by molar-refractivity contribution is 6.33. The van der Waals surface area contributed by atoms with Crippen molar-refractivity contribution in [1.82, 2.24) is 9.80 Å². The molecule has 0 spiro atoms. The Morgan fingerprint density at radius 2 is 2.05 bits per heavy atom. The maximum absolute atomic E-state index is 12.5. The van der Waals surface area contributed by atoms with E-state index in [1.807, 2.05) is 7.05 Å². The minimum atomic E-state index is -0.598. The second-order valence-electron chi connectivity index (χ2n) is 4.84. The number of benzene rings is 1. The van der Waals surface area contributed by atoms with Crippen LogP contribution in [0.15, 0.2) is 18.2 Å². The van der Waals surface area contributed by atoms with E-state index < -0.39 is 4.92 Å². The van der Waals surface area contributed by atoms with Crippen LogP contribution in [0, 0.1) is 10.1 Å². The van der Waals surface area contributed by atoms with Gasteiger partial charge in [-0.1, -0.05) is 17.7 Å². The SMILES string of the molecule is CN1CCCN(C(=O)c2cccc(Cl)c2[N+](=O)[O-])CC1. The summed E-state index contributed by atoms with van der Waals surface area (Å²) in [6, 6.07) is 4.44. The van der Waals surface area contributed by atoms with Crippen molar-refractivity contribution in [3.63, 3.8) is 0 Å². The minimum absolute atomic E-state index is 0.00668. The van der Waals surface area contributed by atoms with Crippen molar-refractivity contribution < 1.29 is 9.72 Å². The van der Waals surface area contributed by atoms with Crippen LogP contribution in [0.1, 0.15) is 16.8 Å². The van der Waals surface area contributed by atoms with Crippen molar-refractivity contribution in [2.45, 2.75) is 6.42 Å². The zero-order chi connectivity index (χ0) is 14.7. The molecule has 6 nitrogen and oxygen atoms in total. The molecule has 0 N–H and O–H groups in total. The van der Waals surface area contributed by atoms with Gasteiger partial charge >= 0.3 is 5.69 Å². The second kappa shape index (κ2) is 6.19. The molecular formula is C13H16ClN3O3. The summed E-state index contributed by atoms with van der Waals surface area (Å²) in [5.41, 5.74) is -0.246. The smallest absolute Gasteiger partial charge is 0.300 e. The van der Waals surface area contributed by atoms with Crippen molar-refractivity contribution in [1.29, 1.82) is 0 Å². The number of hydrogen-bond acceptors (Lipinski definition) is 4. The molecule has 0 radical (unpaired) electrons. The summed E-state index contributed by atoms with van der Waals surface area (Å²) in [5.74, 6) is -0.325. The molecule has 7 heteroatoms. The van der Waals surface area contributed by atoms with Gasteiger partial charge in [0.05, 0.1) is 4.92 Å². The highest BCUT2D eigenvalue weighted by Crippen LogP contribution is 2.29. The number of nitro benzene ring substituents is 1. The first kappa shape index (κ1) is 14.7. The molecule has 0 bridgehead atoms. The summed E-state index contributed by atoms with van der Waals surface area (Å²) in [5, 5.41) is 11.1. The molecule has 1 amide bonds. The van der Waals surface area contributed by atoms with Crippen molar-refractivity contribution in [2.75, 3.05) is 33.2 Å². The van der Waals surface area contributed by atoms with Crippen molar-refractivity contribution >= 4 is 23.2 Å². The molecule has 1 heterocycles. The molecule has 1 aromatic carbocycles. The van der Waals surface area contributed by atoms with Gasteiger partial charge in [-0.05, 0) is 32.1 Å². The van der Waals surface area contributed by atoms with Crippen molar-refractivity contribution in [3.8, 4) is 0 Å². The van der Waals surface area contributed by atoms with E-state index in [4.69, 9.17) is 11.6 Å². The first-order chi connectivity index (χ1) is 9.50. The Morgan fingerprint density at radius 1 is 1.30 bits per heavy atom. The van der Waals surface area contributed by atoms with Gasteiger partial charge in [-0.2, -0.15) is 0 Å². The lowest BCUT2D eigenvalue weighted by Gasteiger charge is -2.20. The zero-order valence-electron chi connectivity index (χ0n) is 11.2. The summed E-state index contributed by atoms with van der Waals surface area (Å²) in [6.45, 7) is 2.85. The van der Waals surface area contributed by atoms with Gasteiger partial charge in [-0.25, -0.2) is 0 Å². The molecule has 0 aromatic heterocycles. The number of carbonyl (C=O) groups excluding carboxylic acids is 1. The third-order valence-electron chi connectivity index (χ3n) is 3.41. The van der Waals surface area contributed by atoms with Crippen LogP contribution in [0.2, 0.25) is 5.02 Å². The lowest BCUT2D eigenvalue weighted by atomic mass is 10.1. The highest BCUT2D eigenvalue weighted by atomic mass is 35.5. The van der Waals surface area contributed by atoms with Gasteiger partial charge in [0.2, 0.25) is 0 Å². The third kappa shape index (κ3) is 3.08. The molecule has 0 unspecified atom stereocenters. The second-order valence-corrected chi connectivity index (χ2v) is 5.25. The molecule has 1 fully saturated rings. The lowest BCUT2D eigenvalue weighted by Crippen LogP contribution is -2.34. The van der Waals surface area contributed by atoms with Gasteiger partial charge in [0.25, 0.3) is 5.91 Å². The van der Waals surface area contributed by atoms with Gasteiger partial charge in [0.1, 0.15) is 10.6 Å². The van der Waals surface area contributed by atoms with Gasteiger partial charge in [0.15, 0.2) is 0 Å². The molecule has 1 aliphatic rings. The molecule has 1 aromatic rings. The van der Waals surface area contributed by atoms with E-state index in [-0.39, 0.29) is 22.2 Å². The number of nitro groups is 1. The van der Waals surface area contributed by atoms with Crippen molar-refractivity contribution in [2.24, 2.45) is 0 Å². The normalized spacial score (nSPS) is 16.8. The molecule has 2 rings (SSSR count). The Balaban J connectivity index is 2.29. The van der Waals surface area contributed by atoms with Crippen LogP contribution in [0.25, 0.3) is 0 Å². The molecule has 20 heavy (non-hydrogen) atoms. The predicted molar refractivity (Wildman–Crippen MR) is 76.1 cm³/mol. The maximum atomic E-state index is 12.5. The number of amides is 1. The molecule has 108 valence electrons. The average Bonchev–Trinajstić information content (AvgIpc) is 2.62. The van der Waals surface area contributed by atoms with Gasteiger partial charge in [-0.3, -0.25) is 14.9 Å². The number of para-hydroxylation sites is 1. The van der Waals surface area contributed by atoms with Gasteiger partial charge in [-0.15, -0.1) is 0 Å². The Hall–Kier alpha value is -1.66. The predicted octanol–water partition coefficient (Wildman–Crippen LogP) is 2.03. The summed E-state index contributed by atoms with van der Waals surface area (Å²) >= 11 is 5.84. The Kier molecular flexibility index (Phi) is 4.57. The first-order valence-electron chi connectivity index (χ1n) is 6.41. The largest absolute Gasteiger partial charge is 0.337 e. The average molecular weight is 298 g/mol. The fourth-order valence-corrected chi connectivity index (χ4v) is 2.54. The van der Waals surface area contributed by atoms with Crippen LogP contribution >= 0.6 is 11.6 Å². The fraction of sp³-hybridized carbons (Fsp3) is 0.462. The van der Waals surface area contributed by atoms with Crippen LogP contribution in [-0.2, 0) is 0 Å². The Bertz CT molecular complexity index is 536. The number of nitrogens with zero attached hydrogens (tertiary/aromatic N) is 3. The van der Waals surface area contributed by atoms with Gasteiger partial charge in [0, 0.05) is 19.6 Å². The third-order valence-corrected chi connectivity index (χ3v) is 3.71. The number of likely N-dealkylation sites (N-methyl/N-ethyl adjacent to an activating group) is 1. The van der Waals surface area contributed by atoms with Crippen molar-refractivity contribution in [3.05, 3.63) is 38.9 Å². The van der Waals surface area contributed by atoms with E-state index in [9.17, 15) is 14.9 Å². The standard InChI is InChI=1S/C13H16ClN3O3/c1-15-6-3-7-16(9-8-15)13(18)10-4-2-5-11(14)12(10)17(19)20/h2,4-5H,3,6-9H2,1H3. The lowest BCUT2D eigenvalue weighted by molar-refractivity contribution is -0.385. The fourth-order valence-electron chi connectivity index (χ4n) is 2.29. The number of halogens is 1. The van der Waals surface area contributed by atoms with E-state index in [0.29, 0.717) is 13.1 Å². The highest BCUT2D eigenvalue weighted by Gasteiger charge is 2.27. The topological polar surface area (TPSA) is 66.7 Å². The van der Waals surface area contributed by atoms with E-state index in [1.54, 1.807) is 11.0 Å². The first-order valence-corrected chi connectivity index (χ1v) is 6.79. The monoisotopic (exact) mass is 297 g/mol. The summed E-state index contributed by atoms with van der Waals surface area (Å²) < 4.78 is 0. The molecule has 1 aliphatic heterocycles. The molecule has 0 atom stereocenters. The van der Waals surface area contributed by atoms with Crippen LogP contribution in [0.3, 0.4) is 0 Å². The van der Waals surface area contributed by atoms with E-state index in [0.717, 1.165) is 19.5 Å². The van der Waals surface area contributed by atoms with Crippen LogP contribution in [0.4, 0.5) is 5.69 Å². The van der Waals surface area contributed by atoms with Crippen LogP contribution in [0.5, 0.6) is 0 Å². The van der Waals surface area contributed by atoms with Crippen LogP contribution < -0.4 is 0 Å².